The molecule has 1 saturated heterocycles. The average molecular weight is 439 g/mol. The van der Waals surface area contributed by atoms with Crippen LogP contribution < -0.4 is 0 Å². The molecule has 2 amide bonds. The van der Waals surface area contributed by atoms with Crippen LogP contribution in [0.1, 0.15) is 80.3 Å². The number of fused-ring (bicyclic) bond motifs is 2. The number of urea groups is 1. The Bertz CT molecular complexity index is 978. The maximum atomic E-state index is 12.9. The van der Waals surface area contributed by atoms with Crippen LogP contribution in [0.15, 0.2) is 23.8 Å². The predicted octanol–water partition coefficient (Wildman–Crippen LogP) is 4.77. The largest absolute Gasteiger partial charge is 0.481 e. The van der Waals surface area contributed by atoms with E-state index in [0.717, 1.165) is 19.3 Å². The van der Waals surface area contributed by atoms with E-state index in [1.54, 1.807) is 16.8 Å². The standard InChI is InChI=1S/C26H34N2O4/c1-26(2)16-28(25(32)27(26)3)12-6-8-19(24(30)31)15-23(29)18-10-11-22-20(14-18)13-17-7-4-5-9-21(17)22/h10-11,14,19H,4-9,12-13,15-16H2,1-3H3,(H,30,31). The smallest absolute Gasteiger partial charge is 0.320 e. The first-order valence-electron chi connectivity index (χ1n) is 11.8. The summed E-state index contributed by atoms with van der Waals surface area (Å²) < 4.78 is 0. The minimum Gasteiger partial charge on any atom is -0.481 e. The summed E-state index contributed by atoms with van der Waals surface area (Å²) in [6, 6.07) is 5.89. The summed E-state index contributed by atoms with van der Waals surface area (Å²) >= 11 is 0. The van der Waals surface area contributed by atoms with Gasteiger partial charge in [0.2, 0.25) is 0 Å². The van der Waals surface area contributed by atoms with Crippen LogP contribution in [0.5, 0.6) is 0 Å². The third kappa shape index (κ3) is 4.32. The summed E-state index contributed by atoms with van der Waals surface area (Å²) in [4.78, 5) is 40.6. The molecular formula is C26H34N2O4. The summed E-state index contributed by atoms with van der Waals surface area (Å²) in [6.07, 6.45) is 6.65. The minimum absolute atomic E-state index is 0.000600. The zero-order valence-electron chi connectivity index (χ0n) is 19.4. The summed E-state index contributed by atoms with van der Waals surface area (Å²) in [5.74, 6) is -1.78. The van der Waals surface area contributed by atoms with Gasteiger partial charge in [-0.15, -0.1) is 0 Å². The molecule has 1 aromatic carbocycles. The number of rotatable bonds is 8. The van der Waals surface area contributed by atoms with E-state index in [1.807, 2.05) is 26.0 Å². The van der Waals surface area contributed by atoms with Crippen molar-refractivity contribution in [1.82, 2.24) is 9.80 Å². The molecule has 1 aromatic rings. The lowest BCUT2D eigenvalue weighted by Crippen LogP contribution is -2.38. The quantitative estimate of drug-likeness (QED) is 0.593. The van der Waals surface area contributed by atoms with Crippen LogP contribution in [-0.4, -0.2) is 58.4 Å². The van der Waals surface area contributed by atoms with Crippen LogP contribution >= 0.6 is 0 Å². The highest BCUT2D eigenvalue weighted by Gasteiger charge is 2.40. The Kier molecular flexibility index (Phi) is 6.15. The second-order valence-electron chi connectivity index (χ2n) is 10.2. The number of amides is 2. The van der Waals surface area contributed by atoms with Gasteiger partial charge >= 0.3 is 12.0 Å². The maximum Gasteiger partial charge on any atom is 0.320 e. The molecule has 2 aliphatic carbocycles. The van der Waals surface area contributed by atoms with Crippen LogP contribution in [0.3, 0.4) is 0 Å². The first-order valence-corrected chi connectivity index (χ1v) is 11.8. The number of carbonyl (C=O) groups is 3. The number of ketones is 1. The highest BCUT2D eigenvalue weighted by atomic mass is 16.4. The first-order chi connectivity index (χ1) is 15.2. The normalized spacial score (nSPS) is 20.4. The number of allylic oxidation sites excluding steroid dienone is 2. The number of carboxylic acid groups (broad SMARTS) is 1. The zero-order valence-corrected chi connectivity index (χ0v) is 19.4. The molecule has 1 unspecified atom stereocenters. The van der Waals surface area contributed by atoms with Gasteiger partial charge in [0.15, 0.2) is 5.78 Å². The number of hydrogen-bond acceptors (Lipinski definition) is 3. The Labute approximate surface area is 190 Å². The number of carbonyl (C=O) groups excluding carboxylic acids is 2. The molecule has 1 N–H and O–H groups in total. The van der Waals surface area contributed by atoms with E-state index < -0.39 is 11.9 Å². The Morgan fingerprint density at radius 1 is 1.19 bits per heavy atom. The molecule has 6 heteroatoms. The van der Waals surface area contributed by atoms with Crippen molar-refractivity contribution in [2.24, 2.45) is 5.92 Å². The third-order valence-electron chi connectivity index (χ3n) is 7.54. The van der Waals surface area contributed by atoms with Crippen LogP contribution in [0, 0.1) is 5.92 Å². The van der Waals surface area contributed by atoms with E-state index in [1.165, 1.54) is 35.1 Å². The van der Waals surface area contributed by atoms with E-state index in [2.05, 4.69) is 6.07 Å². The van der Waals surface area contributed by atoms with E-state index in [0.29, 0.717) is 31.5 Å². The molecule has 1 aliphatic heterocycles. The fraction of sp³-hybridized carbons (Fsp3) is 0.577. The molecule has 32 heavy (non-hydrogen) atoms. The van der Waals surface area contributed by atoms with Crippen LogP contribution in [0.2, 0.25) is 0 Å². The van der Waals surface area contributed by atoms with E-state index >= 15 is 0 Å². The topological polar surface area (TPSA) is 77.9 Å². The highest BCUT2D eigenvalue weighted by molar-refractivity contribution is 5.98. The monoisotopic (exact) mass is 438 g/mol. The van der Waals surface area contributed by atoms with Crippen molar-refractivity contribution in [3.63, 3.8) is 0 Å². The fourth-order valence-corrected chi connectivity index (χ4v) is 5.40. The van der Waals surface area contributed by atoms with Crippen molar-refractivity contribution in [2.75, 3.05) is 20.1 Å². The van der Waals surface area contributed by atoms with Crippen molar-refractivity contribution < 1.29 is 19.5 Å². The second-order valence-corrected chi connectivity index (χ2v) is 10.2. The molecule has 1 fully saturated rings. The van der Waals surface area contributed by atoms with Gasteiger partial charge in [-0.05, 0) is 81.6 Å². The molecule has 172 valence electrons. The number of benzene rings is 1. The molecule has 1 heterocycles. The summed E-state index contributed by atoms with van der Waals surface area (Å²) in [5.41, 5.74) is 5.89. The fourth-order valence-electron chi connectivity index (χ4n) is 5.40. The van der Waals surface area contributed by atoms with Crippen molar-refractivity contribution in [3.8, 4) is 0 Å². The molecule has 4 rings (SSSR count). The molecule has 0 bridgehead atoms. The zero-order chi connectivity index (χ0) is 23.0. The molecule has 1 atom stereocenters. The van der Waals surface area contributed by atoms with Crippen molar-refractivity contribution in [1.29, 1.82) is 0 Å². The van der Waals surface area contributed by atoms with Gasteiger partial charge in [-0.1, -0.05) is 17.7 Å². The second kappa shape index (κ2) is 8.72. The Hall–Kier alpha value is -2.63. The lowest BCUT2D eigenvalue weighted by atomic mass is 9.91. The van der Waals surface area contributed by atoms with E-state index in [-0.39, 0.29) is 23.8 Å². The molecule has 0 aromatic heterocycles. The Balaban J connectivity index is 1.34. The van der Waals surface area contributed by atoms with E-state index in [9.17, 15) is 19.5 Å². The van der Waals surface area contributed by atoms with Crippen LogP contribution in [0.4, 0.5) is 4.79 Å². The molecular weight excluding hydrogens is 404 g/mol. The van der Waals surface area contributed by atoms with Crippen molar-refractivity contribution in [3.05, 3.63) is 40.5 Å². The predicted molar refractivity (Wildman–Crippen MR) is 124 cm³/mol. The van der Waals surface area contributed by atoms with Gasteiger partial charge in [-0.3, -0.25) is 9.59 Å². The summed E-state index contributed by atoms with van der Waals surface area (Å²) in [5, 5.41) is 9.69. The first kappa shape index (κ1) is 22.6. The summed E-state index contributed by atoms with van der Waals surface area (Å²) in [7, 11) is 1.80. The lowest BCUT2D eigenvalue weighted by Gasteiger charge is -2.24. The molecule has 0 radical (unpaired) electrons. The van der Waals surface area contributed by atoms with Gasteiger partial charge in [0.1, 0.15) is 0 Å². The number of nitrogens with zero attached hydrogens (tertiary/aromatic N) is 2. The number of hydrogen-bond donors (Lipinski definition) is 1. The third-order valence-corrected chi connectivity index (χ3v) is 7.54. The molecule has 6 nitrogen and oxygen atoms in total. The van der Waals surface area contributed by atoms with Crippen LogP contribution in [0.25, 0.3) is 5.57 Å². The summed E-state index contributed by atoms with van der Waals surface area (Å²) in [6.45, 7) is 5.19. The lowest BCUT2D eigenvalue weighted by molar-refractivity contribution is -0.141. The Morgan fingerprint density at radius 3 is 2.62 bits per heavy atom. The highest BCUT2D eigenvalue weighted by Crippen LogP contribution is 2.41. The molecule has 0 spiro atoms. The minimum atomic E-state index is -0.943. The van der Waals surface area contributed by atoms with Gasteiger partial charge < -0.3 is 14.9 Å². The van der Waals surface area contributed by atoms with Gasteiger partial charge in [-0.2, -0.15) is 0 Å². The number of Topliss-reactive ketones (excluding diaryl/α,β-unsaturated/α-hetero) is 1. The van der Waals surface area contributed by atoms with Crippen molar-refractivity contribution >= 4 is 23.4 Å². The SMILES string of the molecule is CN1C(=O)N(CCCC(CC(=O)c2ccc3c(c2)CC2=C3CCCC2)C(=O)O)CC1(C)C. The number of carboxylic acids is 1. The average Bonchev–Trinajstić information content (AvgIpc) is 3.22. The van der Waals surface area contributed by atoms with Gasteiger partial charge in [0.25, 0.3) is 0 Å². The molecule has 0 saturated carbocycles. The van der Waals surface area contributed by atoms with Gasteiger partial charge in [0.05, 0.1) is 11.5 Å². The number of aliphatic carboxylic acids is 1. The van der Waals surface area contributed by atoms with E-state index in [4.69, 9.17) is 0 Å². The van der Waals surface area contributed by atoms with Gasteiger partial charge in [-0.25, -0.2) is 4.79 Å². The van der Waals surface area contributed by atoms with Crippen LogP contribution in [-0.2, 0) is 11.2 Å². The number of likely N-dealkylation sites (N-methyl/N-ethyl adjacent to an activating group) is 1. The van der Waals surface area contributed by atoms with Crippen molar-refractivity contribution in [2.45, 2.75) is 70.8 Å². The maximum absolute atomic E-state index is 12.9. The van der Waals surface area contributed by atoms with Gasteiger partial charge in [0, 0.05) is 32.1 Å². The molecule has 3 aliphatic rings. The Morgan fingerprint density at radius 2 is 1.94 bits per heavy atom.